The van der Waals surface area contributed by atoms with Gasteiger partial charge in [0.2, 0.25) is 0 Å². The summed E-state index contributed by atoms with van der Waals surface area (Å²) >= 11 is 5.81. The Hall–Kier alpha value is -0.570. The summed E-state index contributed by atoms with van der Waals surface area (Å²) < 4.78 is 0. The molecule has 0 bridgehead atoms. The molecule has 12 heavy (non-hydrogen) atoms. The molecule has 0 aromatic heterocycles. The Morgan fingerprint density at radius 2 is 2.17 bits per heavy atom. The molecular formula is C9H12ClNO. The van der Waals surface area contributed by atoms with Crippen LogP contribution in [0, 0.1) is 0 Å². The number of nitrogens with two attached hydrogens (primary N) is 1. The monoisotopic (exact) mass is 185 g/mol. The second-order valence-corrected chi connectivity index (χ2v) is 3.03. The first-order valence-corrected chi connectivity index (χ1v) is 4.24. The number of hydrogen-bond acceptors (Lipinski definition) is 2. The second kappa shape index (κ2) is 4.45. The third-order valence-electron chi connectivity index (χ3n) is 1.71. The fourth-order valence-electron chi connectivity index (χ4n) is 1.07. The minimum absolute atomic E-state index is 0.0166. The Labute approximate surface area is 77.0 Å². The zero-order valence-corrected chi connectivity index (χ0v) is 7.51. The first-order valence-electron chi connectivity index (χ1n) is 3.86. The lowest BCUT2D eigenvalue weighted by atomic mass is 10.1. The highest BCUT2D eigenvalue weighted by Gasteiger charge is 1.99. The number of rotatable bonds is 3. The molecule has 0 spiro atoms. The van der Waals surface area contributed by atoms with Crippen molar-refractivity contribution in [3.05, 3.63) is 34.3 Å². The lowest BCUT2D eigenvalue weighted by molar-refractivity contribution is 0.282. The molecule has 2 nitrogen and oxygen atoms in total. The number of aliphatic hydroxyl groups excluding tert-OH is 1. The normalized spacial score (nSPS) is 10.2. The van der Waals surface area contributed by atoms with Crippen molar-refractivity contribution in [3.8, 4) is 0 Å². The molecule has 0 amide bonds. The van der Waals surface area contributed by atoms with E-state index in [0.29, 0.717) is 11.6 Å². The Morgan fingerprint density at radius 3 is 2.75 bits per heavy atom. The molecule has 0 saturated carbocycles. The summed E-state index contributed by atoms with van der Waals surface area (Å²) in [6.07, 6.45) is 0.824. The quantitative estimate of drug-likeness (QED) is 0.747. The van der Waals surface area contributed by atoms with E-state index >= 15 is 0 Å². The Morgan fingerprint density at radius 1 is 1.42 bits per heavy atom. The minimum atomic E-state index is -0.0166. The van der Waals surface area contributed by atoms with Crippen molar-refractivity contribution in [1.82, 2.24) is 0 Å². The van der Waals surface area contributed by atoms with Gasteiger partial charge in [-0.3, -0.25) is 0 Å². The van der Waals surface area contributed by atoms with Gasteiger partial charge in [0.25, 0.3) is 0 Å². The van der Waals surface area contributed by atoms with E-state index in [2.05, 4.69) is 0 Å². The van der Waals surface area contributed by atoms with Crippen LogP contribution in [0.15, 0.2) is 18.2 Å². The van der Waals surface area contributed by atoms with Gasteiger partial charge >= 0.3 is 0 Å². The molecule has 3 N–H and O–H groups in total. The van der Waals surface area contributed by atoms with E-state index in [9.17, 15) is 0 Å². The van der Waals surface area contributed by atoms with E-state index in [1.54, 1.807) is 6.07 Å². The third-order valence-corrected chi connectivity index (χ3v) is 2.08. The van der Waals surface area contributed by atoms with Crippen LogP contribution in [0.2, 0.25) is 5.02 Å². The van der Waals surface area contributed by atoms with Crippen LogP contribution >= 0.6 is 11.6 Å². The molecule has 0 radical (unpaired) electrons. The predicted molar refractivity (Wildman–Crippen MR) is 50.1 cm³/mol. The maximum Gasteiger partial charge on any atom is 0.0696 e. The average Bonchev–Trinajstić information content (AvgIpc) is 2.09. The van der Waals surface area contributed by atoms with Crippen molar-refractivity contribution < 1.29 is 5.11 Å². The van der Waals surface area contributed by atoms with Crippen LogP contribution in [0.4, 0.5) is 0 Å². The molecule has 1 aromatic carbocycles. The van der Waals surface area contributed by atoms with Crippen molar-refractivity contribution in [2.24, 2.45) is 5.73 Å². The summed E-state index contributed by atoms with van der Waals surface area (Å²) in [5.74, 6) is 0. The maximum absolute atomic E-state index is 8.90. The molecule has 0 aliphatic heterocycles. The van der Waals surface area contributed by atoms with E-state index in [-0.39, 0.29) is 6.61 Å². The van der Waals surface area contributed by atoms with Crippen molar-refractivity contribution >= 4 is 11.6 Å². The fourth-order valence-corrected chi connectivity index (χ4v) is 1.25. The highest BCUT2D eigenvalue weighted by molar-refractivity contribution is 6.31. The van der Waals surface area contributed by atoms with E-state index in [1.807, 2.05) is 12.1 Å². The zero-order valence-electron chi connectivity index (χ0n) is 6.76. The Balaban J connectivity index is 2.89. The first-order chi connectivity index (χ1) is 5.77. The number of halogens is 1. The van der Waals surface area contributed by atoms with Crippen LogP contribution in [-0.4, -0.2) is 11.7 Å². The standard InChI is InChI=1S/C9H12ClNO/c10-9-2-1-7(3-4-11)5-8(9)6-12/h1-2,5,12H,3-4,6,11H2. The number of aliphatic hydroxyl groups is 1. The highest BCUT2D eigenvalue weighted by Crippen LogP contribution is 2.17. The van der Waals surface area contributed by atoms with E-state index in [4.69, 9.17) is 22.4 Å². The Bertz CT molecular complexity index is 263. The summed E-state index contributed by atoms with van der Waals surface area (Å²) in [7, 11) is 0. The van der Waals surface area contributed by atoms with Crippen molar-refractivity contribution in [2.75, 3.05) is 6.54 Å². The number of hydrogen-bond donors (Lipinski definition) is 2. The molecule has 3 heteroatoms. The summed E-state index contributed by atoms with van der Waals surface area (Å²) in [5, 5.41) is 9.50. The van der Waals surface area contributed by atoms with Gasteiger partial charge in [-0.2, -0.15) is 0 Å². The smallest absolute Gasteiger partial charge is 0.0696 e. The minimum Gasteiger partial charge on any atom is -0.392 e. The number of benzene rings is 1. The fraction of sp³-hybridized carbons (Fsp3) is 0.333. The van der Waals surface area contributed by atoms with Crippen LogP contribution in [0.25, 0.3) is 0 Å². The van der Waals surface area contributed by atoms with Crippen LogP contribution in [0.3, 0.4) is 0 Å². The largest absolute Gasteiger partial charge is 0.392 e. The topological polar surface area (TPSA) is 46.2 Å². The van der Waals surface area contributed by atoms with E-state index in [0.717, 1.165) is 17.5 Å². The molecule has 0 atom stereocenters. The first kappa shape index (κ1) is 9.52. The van der Waals surface area contributed by atoms with Gasteiger partial charge in [0.1, 0.15) is 0 Å². The summed E-state index contributed by atoms with van der Waals surface area (Å²) in [6, 6.07) is 5.60. The molecule has 0 aliphatic rings. The van der Waals surface area contributed by atoms with Gasteiger partial charge in [0.15, 0.2) is 0 Å². The van der Waals surface area contributed by atoms with Crippen LogP contribution in [-0.2, 0) is 13.0 Å². The van der Waals surface area contributed by atoms with Gasteiger partial charge in [-0.15, -0.1) is 0 Å². The molecule has 0 saturated heterocycles. The van der Waals surface area contributed by atoms with Gasteiger partial charge in [0, 0.05) is 5.02 Å². The van der Waals surface area contributed by atoms with Crippen LogP contribution < -0.4 is 5.73 Å². The maximum atomic E-state index is 8.90. The molecule has 66 valence electrons. The van der Waals surface area contributed by atoms with Crippen molar-refractivity contribution in [2.45, 2.75) is 13.0 Å². The zero-order chi connectivity index (χ0) is 8.97. The van der Waals surface area contributed by atoms with E-state index in [1.165, 1.54) is 0 Å². The molecule has 0 fully saturated rings. The molecule has 1 rings (SSSR count). The van der Waals surface area contributed by atoms with Crippen LogP contribution in [0.1, 0.15) is 11.1 Å². The third kappa shape index (κ3) is 2.21. The van der Waals surface area contributed by atoms with Crippen molar-refractivity contribution in [1.29, 1.82) is 0 Å². The van der Waals surface area contributed by atoms with Gasteiger partial charge in [-0.25, -0.2) is 0 Å². The lowest BCUT2D eigenvalue weighted by Gasteiger charge is -2.03. The summed E-state index contributed by atoms with van der Waals surface area (Å²) in [6.45, 7) is 0.601. The van der Waals surface area contributed by atoms with Crippen LogP contribution in [0.5, 0.6) is 0 Å². The SMILES string of the molecule is NCCc1ccc(Cl)c(CO)c1. The highest BCUT2D eigenvalue weighted by atomic mass is 35.5. The Kier molecular flexibility index (Phi) is 3.53. The average molecular weight is 186 g/mol. The van der Waals surface area contributed by atoms with E-state index < -0.39 is 0 Å². The predicted octanol–water partition coefficient (Wildman–Crippen LogP) is 1.33. The summed E-state index contributed by atoms with van der Waals surface area (Å²) in [5.41, 5.74) is 7.28. The molecule has 0 unspecified atom stereocenters. The lowest BCUT2D eigenvalue weighted by Crippen LogP contribution is -2.03. The van der Waals surface area contributed by atoms with Gasteiger partial charge in [0.05, 0.1) is 6.61 Å². The molecular weight excluding hydrogens is 174 g/mol. The molecule has 0 heterocycles. The molecule has 0 aliphatic carbocycles. The summed E-state index contributed by atoms with van der Waals surface area (Å²) in [4.78, 5) is 0. The van der Waals surface area contributed by atoms with Gasteiger partial charge in [-0.1, -0.05) is 23.7 Å². The van der Waals surface area contributed by atoms with Gasteiger partial charge < -0.3 is 10.8 Å². The van der Waals surface area contributed by atoms with Crippen molar-refractivity contribution in [3.63, 3.8) is 0 Å². The second-order valence-electron chi connectivity index (χ2n) is 2.62. The van der Waals surface area contributed by atoms with Gasteiger partial charge in [-0.05, 0) is 30.2 Å². The molecule has 1 aromatic rings.